The van der Waals surface area contributed by atoms with Gasteiger partial charge in [-0.2, -0.15) is 0 Å². The summed E-state index contributed by atoms with van der Waals surface area (Å²) < 4.78 is 5.35. The number of ether oxygens (including phenoxy) is 1. The fourth-order valence-electron chi connectivity index (χ4n) is 1.83. The Morgan fingerprint density at radius 1 is 1.18 bits per heavy atom. The molecule has 0 unspecified atom stereocenters. The van der Waals surface area contributed by atoms with E-state index in [0.717, 1.165) is 39.3 Å². The molecule has 3 heteroatoms. The molecule has 0 aliphatic carbocycles. The zero-order valence-corrected chi connectivity index (χ0v) is 10.8. The standard InChI is InChI=1S/C14H24N2O/c1-2-17-12-6-10-16(11-9-15)13-14-7-4-3-5-8-14/h3-5,7-8H,2,6,9-13,15H2,1H3. The molecule has 0 amide bonds. The highest BCUT2D eigenvalue weighted by Crippen LogP contribution is 2.04. The van der Waals surface area contributed by atoms with Crippen LogP contribution < -0.4 is 5.73 Å². The van der Waals surface area contributed by atoms with Crippen LogP contribution in [0.5, 0.6) is 0 Å². The van der Waals surface area contributed by atoms with Crippen molar-refractivity contribution in [3.63, 3.8) is 0 Å². The van der Waals surface area contributed by atoms with E-state index < -0.39 is 0 Å². The fourth-order valence-corrected chi connectivity index (χ4v) is 1.83. The summed E-state index contributed by atoms with van der Waals surface area (Å²) in [7, 11) is 0. The Labute approximate surface area is 105 Å². The van der Waals surface area contributed by atoms with Crippen LogP contribution >= 0.6 is 0 Å². The monoisotopic (exact) mass is 236 g/mol. The van der Waals surface area contributed by atoms with Gasteiger partial charge in [-0.15, -0.1) is 0 Å². The minimum absolute atomic E-state index is 0.710. The van der Waals surface area contributed by atoms with Crippen molar-refractivity contribution in [3.8, 4) is 0 Å². The summed E-state index contributed by atoms with van der Waals surface area (Å²) in [4.78, 5) is 2.38. The van der Waals surface area contributed by atoms with Crippen molar-refractivity contribution in [1.29, 1.82) is 0 Å². The van der Waals surface area contributed by atoms with Gasteiger partial charge in [0.15, 0.2) is 0 Å². The smallest absolute Gasteiger partial charge is 0.0478 e. The summed E-state index contributed by atoms with van der Waals surface area (Å²) in [5.74, 6) is 0. The number of benzene rings is 1. The first-order chi connectivity index (χ1) is 8.36. The van der Waals surface area contributed by atoms with E-state index in [2.05, 4.69) is 29.2 Å². The Balaban J connectivity index is 2.32. The summed E-state index contributed by atoms with van der Waals surface area (Å²) in [6.45, 7) is 7.35. The molecule has 17 heavy (non-hydrogen) atoms. The van der Waals surface area contributed by atoms with E-state index in [1.807, 2.05) is 13.0 Å². The van der Waals surface area contributed by atoms with Crippen molar-refractivity contribution >= 4 is 0 Å². The predicted octanol–water partition coefficient (Wildman–Crippen LogP) is 1.87. The third-order valence-corrected chi connectivity index (χ3v) is 2.66. The summed E-state index contributed by atoms with van der Waals surface area (Å²) in [5, 5.41) is 0. The summed E-state index contributed by atoms with van der Waals surface area (Å²) in [6.07, 6.45) is 1.07. The zero-order chi connectivity index (χ0) is 12.3. The lowest BCUT2D eigenvalue weighted by Gasteiger charge is -2.21. The maximum atomic E-state index is 5.64. The third kappa shape index (κ3) is 6.41. The van der Waals surface area contributed by atoms with Gasteiger partial charge in [0, 0.05) is 39.4 Å². The second-order valence-electron chi connectivity index (χ2n) is 4.10. The fraction of sp³-hybridized carbons (Fsp3) is 0.571. The van der Waals surface area contributed by atoms with Gasteiger partial charge in [0.1, 0.15) is 0 Å². The minimum Gasteiger partial charge on any atom is -0.382 e. The second kappa shape index (κ2) is 9.16. The van der Waals surface area contributed by atoms with Crippen molar-refractivity contribution < 1.29 is 4.74 Å². The summed E-state index contributed by atoms with van der Waals surface area (Å²) >= 11 is 0. The second-order valence-corrected chi connectivity index (χ2v) is 4.10. The molecule has 2 N–H and O–H groups in total. The molecule has 0 atom stereocenters. The number of nitrogens with zero attached hydrogens (tertiary/aromatic N) is 1. The van der Waals surface area contributed by atoms with Crippen LogP contribution in [0.25, 0.3) is 0 Å². The van der Waals surface area contributed by atoms with Crippen molar-refractivity contribution in [3.05, 3.63) is 35.9 Å². The number of rotatable bonds is 9. The minimum atomic E-state index is 0.710. The van der Waals surface area contributed by atoms with Crippen molar-refractivity contribution in [2.45, 2.75) is 19.9 Å². The third-order valence-electron chi connectivity index (χ3n) is 2.66. The van der Waals surface area contributed by atoms with Crippen molar-refractivity contribution in [2.75, 3.05) is 32.8 Å². The lowest BCUT2D eigenvalue weighted by molar-refractivity contribution is 0.131. The molecule has 1 aromatic rings. The van der Waals surface area contributed by atoms with E-state index >= 15 is 0 Å². The molecule has 1 aromatic carbocycles. The van der Waals surface area contributed by atoms with Crippen LogP contribution in [0.2, 0.25) is 0 Å². The molecule has 3 nitrogen and oxygen atoms in total. The normalized spacial score (nSPS) is 11.0. The van der Waals surface area contributed by atoms with Gasteiger partial charge in [0.2, 0.25) is 0 Å². The first-order valence-corrected chi connectivity index (χ1v) is 6.41. The number of nitrogens with two attached hydrogens (primary N) is 1. The number of hydrogen-bond acceptors (Lipinski definition) is 3. The molecule has 96 valence electrons. The molecule has 0 spiro atoms. The van der Waals surface area contributed by atoms with E-state index in [1.54, 1.807) is 0 Å². The van der Waals surface area contributed by atoms with E-state index in [1.165, 1.54) is 5.56 Å². The molecule has 0 saturated carbocycles. The quantitative estimate of drug-likeness (QED) is 0.665. The van der Waals surface area contributed by atoms with Crippen LogP contribution in [0.3, 0.4) is 0 Å². The Morgan fingerprint density at radius 3 is 2.59 bits per heavy atom. The first kappa shape index (κ1) is 14.2. The van der Waals surface area contributed by atoms with Crippen LogP contribution in [0.1, 0.15) is 18.9 Å². The van der Waals surface area contributed by atoms with Gasteiger partial charge >= 0.3 is 0 Å². The summed E-state index contributed by atoms with van der Waals surface area (Å²) in [6, 6.07) is 10.5. The van der Waals surface area contributed by atoms with E-state index in [9.17, 15) is 0 Å². The van der Waals surface area contributed by atoms with Gasteiger partial charge in [-0.1, -0.05) is 30.3 Å². The first-order valence-electron chi connectivity index (χ1n) is 6.41. The van der Waals surface area contributed by atoms with Crippen LogP contribution in [0.4, 0.5) is 0 Å². The highest BCUT2D eigenvalue weighted by molar-refractivity contribution is 5.14. The summed E-state index contributed by atoms with van der Waals surface area (Å²) in [5.41, 5.74) is 6.99. The van der Waals surface area contributed by atoms with Crippen LogP contribution in [-0.4, -0.2) is 37.7 Å². The van der Waals surface area contributed by atoms with Gasteiger partial charge in [0.05, 0.1) is 0 Å². The average molecular weight is 236 g/mol. The maximum Gasteiger partial charge on any atom is 0.0478 e. The average Bonchev–Trinajstić information content (AvgIpc) is 2.36. The van der Waals surface area contributed by atoms with Crippen LogP contribution in [-0.2, 0) is 11.3 Å². The van der Waals surface area contributed by atoms with Crippen molar-refractivity contribution in [1.82, 2.24) is 4.90 Å². The van der Waals surface area contributed by atoms with Crippen LogP contribution in [0.15, 0.2) is 30.3 Å². The van der Waals surface area contributed by atoms with E-state index in [4.69, 9.17) is 10.5 Å². The lowest BCUT2D eigenvalue weighted by Crippen LogP contribution is -2.30. The SMILES string of the molecule is CCOCCCN(CCN)Cc1ccccc1. The molecule has 0 aliphatic rings. The zero-order valence-electron chi connectivity index (χ0n) is 10.8. The maximum absolute atomic E-state index is 5.64. The largest absolute Gasteiger partial charge is 0.382 e. The van der Waals surface area contributed by atoms with Gasteiger partial charge < -0.3 is 10.5 Å². The molecular weight excluding hydrogens is 212 g/mol. The Hall–Kier alpha value is -0.900. The van der Waals surface area contributed by atoms with Crippen LogP contribution in [0, 0.1) is 0 Å². The molecule has 0 aromatic heterocycles. The number of hydrogen-bond donors (Lipinski definition) is 1. The Morgan fingerprint density at radius 2 is 1.94 bits per heavy atom. The highest BCUT2D eigenvalue weighted by Gasteiger charge is 2.04. The highest BCUT2D eigenvalue weighted by atomic mass is 16.5. The topological polar surface area (TPSA) is 38.5 Å². The van der Waals surface area contributed by atoms with Gasteiger partial charge in [-0.25, -0.2) is 0 Å². The van der Waals surface area contributed by atoms with Gasteiger partial charge in [-0.05, 0) is 18.9 Å². The molecule has 0 heterocycles. The van der Waals surface area contributed by atoms with Crippen molar-refractivity contribution in [2.24, 2.45) is 5.73 Å². The molecule has 0 bridgehead atoms. The Kier molecular flexibility index (Phi) is 7.63. The molecule has 0 aliphatic heterocycles. The predicted molar refractivity (Wildman–Crippen MR) is 71.9 cm³/mol. The van der Waals surface area contributed by atoms with Gasteiger partial charge in [0.25, 0.3) is 0 Å². The van der Waals surface area contributed by atoms with Gasteiger partial charge in [-0.3, -0.25) is 4.90 Å². The molecular formula is C14H24N2O. The molecule has 1 rings (SSSR count). The van der Waals surface area contributed by atoms with E-state index in [0.29, 0.717) is 6.54 Å². The Bertz CT molecular complexity index is 277. The lowest BCUT2D eigenvalue weighted by atomic mass is 10.2. The molecule has 0 saturated heterocycles. The molecule has 0 radical (unpaired) electrons. The molecule has 0 fully saturated rings. The van der Waals surface area contributed by atoms with E-state index in [-0.39, 0.29) is 0 Å².